The van der Waals surface area contributed by atoms with Crippen molar-refractivity contribution >= 4 is 34.2 Å². The lowest BCUT2D eigenvalue weighted by molar-refractivity contribution is -0.113. The molecule has 1 amide bonds. The average molecular weight is 297 g/mol. The molecule has 1 aromatic carbocycles. The van der Waals surface area contributed by atoms with Crippen molar-refractivity contribution in [1.82, 2.24) is 0 Å². The first-order valence-electron chi connectivity index (χ1n) is 3.44. The van der Waals surface area contributed by atoms with E-state index < -0.39 is 11.6 Å². The van der Waals surface area contributed by atoms with E-state index in [1.54, 1.807) is 0 Å². The number of hydrogen-bond acceptors (Lipinski definition) is 1. The average Bonchev–Trinajstić information content (AvgIpc) is 2.09. The summed E-state index contributed by atoms with van der Waals surface area (Å²) in [5.41, 5.74) is 0.00284. The third kappa shape index (κ3) is 2.91. The van der Waals surface area contributed by atoms with Gasteiger partial charge in [-0.15, -0.1) is 0 Å². The van der Waals surface area contributed by atoms with Gasteiger partial charge in [0.1, 0.15) is 11.6 Å². The molecule has 0 heterocycles. The molecule has 0 spiro atoms. The van der Waals surface area contributed by atoms with Gasteiger partial charge >= 0.3 is 0 Å². The van der Waals surface area contributed by atoms with Gasteiger partial charge in [-0.05, 0) is 12.1 Å². The van der Waals surface area contributed by atoms with Gasteiger partial charge in [-0.2, -0.15) is 0 Å². The Labute approximate surface area is 87.5 Å². The maximum atomic E-state index is 12.9. The molecular weight excluding hydrogens is 291 g/mol. The lowest BCUT2D eigenvalue weighted by atomic mass is 10.3. The highest BCUT2D eigenvalue weighted by Gasteiger charge is 2.05. The van der Waals surface area contributed by atoms with Crippen LogP contribution in [0.2, 0.25) is 0 Å². The Morgan fingerprint density at radius 1 is 1.46 bits per heavy atom. The maximum Gasteiger partial charge on any atom is 0.234 e. The lowest BCUT2D eigenvalue weighted by Crippen LogP contribution is -2.13. The number of alkyl halides is 1. The zero-order chi connectivity index (χ0) is 9.84. The molecule has 70 valence electrons. The zero-order valence-corrected chi connectivity index (χ0v) is 8.64. The molecule has 1 rings (SSSR count). The molecule has 0 aliphatic rings. The molecule has 13 heavy (non-hydrogen) atoms. The first kappa shape index (κ1) is 10.4. The first-order valence-corrected chi connectivity index (χ1v) is 4.97. The minimum absolute atomic E-state index is 0.00284. The molecule has 1 N–H and O–H groups in total. The van der Waals surface area contributed by atoms with Crippen LogP contribution in [0.3, 0.4) is 0 Å². The number of carbonyl (C=O) groups excluding carboxylic acids is 1. The highest BCUT2D eigenvalue weighted by molar-refractivity contribution is 14.1. The van der Waals surface area contributed by atoms with E-state index in [-0.39, 0.29) is 16.0 Å². The van der Waals surface area contributed by atoms with Crippen LogP contribution in [0.5, 0.6) is 0 Å². The van der Waals surface area contributed by atoms with Gasteiger partial charge in [0.25, 0.3) is 0 Å². The second-order valence-electron chi connectivity index (χ2n) is 2.31. The highest BCUT2D eigenvalue weighted by atomic mass is 127. The highest BCUT2D eigenvalue weighted by Crippen LogP contribution is 2.14. The standard InChI is InChI=1S/C8H6F2INO/c9-5-1-2-7(6(10)3-5)12-8(13)4-11/h1-3H,4H2,(H,12,13). The molecule has 0 atom stereocenters. The summed E-state index contributed by atoms with van der Waals surface area (Å²) in [6, 6.07) is 3.00. The largest absolute Gasteiger partial charge is 0.323 e. The van der Waals surface area contributed by atoms with E-state index in [1.165, 1.54) is 6.07 Å². The van der Waals surface area contributed by atoms with Crippen LogP contribution in [0, 0.1) is 11.6 Å². The molecule has 1 aromatic rings. The van der Waals surface area contributed by atoms with E-state index in [2.05, 4.69) is 5.32 Å². The number of carbonyl (C=O) groups is 1. The van der Waals surface area contributed by atoms with E-state index in [4.69, 9.17) is 0 Å². The number of amides is 1. The van der Waals surface area contributed by atoms with Gasteiger partial charge in [-0.1, -0.05) is 22.6 Å². The molecule has 0 aliphatic carbocycles. The van der Waals surface area contributed by atoms with E-state index in [0.717, 1.165) is 12.1 Å². The predicted molar refractivity (Wildman–Crippen MR) is 53.9 cm³/mol. The molecular formula is C8H6F2INO. The molecule has 2 nitrogen and oxygen atoms in total. The van der Waals surface area contributed by atoms with Crippen molar-refractivity contribution in [2.75, 3.05) is 9.74 Å². The zero-order valence-electron chi connectivity index (χ0n) is 6.48. The first-order chi connectivity index (χ1) is 6.13. The summed E-state index contributed by atoms with van der Waals surface area (Å²) in [6.45, 7) is 0. The van der Waals surface area contributed by atoms with Gasteiger partial charge in [-0.3, -0.25) is 4.79 Å². The molecule has 0 fully saturated rings. The van der Waals surface area contributed by atoms with Crippen LogP contribution in [0.4, 0.5) is 14.5 Å². The van der Waals surface area contributed by atoms with Crippen LogP contribution in [-0.2, 0) is 4.79 Å². The molecule has 0 aliphatic heterocycles. The summed E-state index contributed by atoms with van der Waals surface area (Å²) in [5, 5.41) is 2.30. The Kier molecular flexibility index (Phi) is 3.58. The Morgan fingerprint density at radius 2 is 2.15 bits per heavy atom. The summed E-state index contributed by atoms with van der Waals surface area (Å²) in [4.78, 5) is 10.8. The summed E-state index contributed by atoms with van der Waals surface area (Å²) >= 11 is 1.85. The predicted octanol–water partition coefficient (Wildman–Crippen LogP) is 2.34. The normalized spacial score (nSPS) is 9.77. The molecule has 0 aromatic heterocycles. The summed E-state index contributed by atoms with van der Waals surface area (Å²) < 4.78 is 25.5. The Bertz CT molecular complexity index is 330. The smallest absolute Gasteiger partial charge is 0.234 e. The van der Waals surface area contributed by atoms with Crippen LogP contribution >= 0.6 is 22.6 Å². The minimum Gasteiger partial charge on any atom is -0.323 e. The number of nitrogens with one attached hydrogen (secondary N) is 1. The third-order valence-electron chi connectivity index (χ3n) is 1.33. The van der Waals surface area contributed by atoms with Crippen molar-refractivity contribution in [3.05, 3.63) is 29.8 Å². The number of rotatable bonds is 2. The van der Waals surface area contributed by atoms with Gasteiger partial charge in [0.2, 0.25) is 5.91 Å². The molecule has 0 radical (unpaired) electrons. The van der Waals surface area contributed by atoms with Crippen LogP contribution < -0.4 is 5.32 Å². The Morgan fingerprint density at radius 3 is 2.69 bits per heavy atom. The summed E-state index contributed by atoms with van der Waals surface area (Å²) in [6.07, 6.45) is 0. The quantitative estimate of drug-likeness (QED) is 0.659. The van der Waals surface area contributed by atoms with Gasteiger partial charge < -0.3 is 5.32 Å². The second-order valence-corrected chi connectivity index (χ2v) is 3.07. The van der Waals surface area contributed by atoms with Crippen molar-refractivity contribution < 1.29 is 13.6 Å². The number of benzene rings is 1. The van der Waals surface area contributed by atoms with Crippen LogP contribution in [0.25, 0.3) is 0 Å². The van der Waals surface area contributed by atoms with Crippen molar-refractivity contribution in [2.45, 2.75) is 0 Å². The molecule has 0 saturated heterocycles. The van der Waals surface area contributed by atoms with Crippen molar-refractivity contribution in [3.8, 4) is 0 Å². The number of hydrogen-bond donors (Lipinski definition) is 1. The number of anilines is 1. The molecule has 0 bridgehead atoms. The summed E-state index contributed by atoms with van der Waals surface area (Å²) in [7, 11) is 0. The number of halogens is 3. The van der Waals surface area contributed by atoms with Gasteiger partial charge in [0, 0.05) is 6.07 Å². The molecule has 5 heteroatoms. The van der Waals surface area contributed by atoms with Crippen LogP contribution in [0.1, 0.15) is 0 Å². The van der Waals surface area contributed by atoms with E-state index in [9.17, 15) is 13.6 Å². The fraction of sp³-hybridized carbons (Fsp3) is 0.125. The monoisotopic (exact) mass is 297 g/mol. The van der Waals surface area contributed by atoms with E-state index >= 15 is 0 Å². The maximum absolute atomic E-state index is 12.9. The lowest BCUT2D eigenvalue weighted by Gasteiger charge is -2.03. The van der Waals surface area contributed by atoms with E-state index in [1.807, 2.05) is 22.6 Å². The Hall–Kier alpha value is -0.720. The van der Waals surface area contributed by atoms with Crippen molar-refractivity contribution in [1.29, 1.82) is 0 Å². The molecule has 0 saturated carbocycles. The topological polar surface area (TPSA) is 29.1 Å². The van der Waals surface area contributed by atoms with Gasteiger partial charge in [-0.25, -0.2) is 8.78 Å². The van der Waals surface area contributed by atoms with Gasteiger partial charge in [0.05, 0.1) is 10.1 Å². The second kappa shape index (κ2) is 4.50. The van der Waals surface area contributed by atoms with Crippen LogP contribution in [-0.4, -0.2) is 10.3 Å². The van der Waals surface area contributed by atoms with E-state index in [0.29, 0.717) is 0 Å². The SMILES string of the molecule is O=C(CI)Nc1ccc(F)cc1F. The van der Waals surface area contributed by atoms with Gasteiger partial charge in [0.15, 0.2) is 0 Å². The third-order valence-corrected chi connectivity index (χ3v) is 2.02. The summed E-state index contributed by atoms with van der Waals surface area (Å²) in [5.74, 6) is -1.74. The van der Waals surface area contributed by atoms with Crippen molar-refractivity contribution in [3.63, 3.8) is 0 Å². The van der Waals surface area contributed by atoms with Crippen molar-refractivity contribution in [2.24, 2.45) is 0 Å². The van der Waals surface area contributed by atoms with Crippen LogP contribution in [0.15, 0.2) is 18.2 Å². The Balaban J connectivity index is 2.83. The molecule has 0 unspecified atom stereocenters. The minimum atomic E-state index is -0.766. The fourth-order valence-corrected chi connectivity index (χ4v) is 0.965. The fourth-order valence-electron chi connectivity index (χ4n) is 0.774.